The normalized spacial score (nSPS) is 18.8. The molecule has 0 radical (unpaired) electrons. The molecule has 1 aliphatic rings. The fourth-order valence-corrected chi connectivity index (χ4v) is 6.49. The number of benzene rings is 1. The van der Waals surface area contributed by atoms with Crippen molar-refractivity contribution in [2.45, 2.75) is 78.8 Å². The second-order valence-corrected chi connectivity index (χ2v) is 10.2. The second-order valence-electron chi connectivity index (χ2n) is 7.69. The van der Waals surface area contributed by atoms with Gasteiger partial charge in [0.15, 0.2) is 0 Å². The van der Waals surface area contributed by atoms with E-state index in [1.807, 2.05) is 39.8 Å². The quantitative estimate of drug-likeness (QED) is 0.574. The van der Waals surface area contributed by atoms with Crippen LogP contribution in [0.15, 0.2) is 12.1 Å². The van der Waals surface area contributed by atoms with Crippen molar-refractivity contribution in [1.82, 2.24) is 0 Å². The van der Waals surface area contributed by atoms with Crippen molar-refractivity contribution in [2.24, 2.45) is 5.92 Å². The Kier molecular flexibility index (Phi) is 6.85. The van der Waals surface area contributed by atoms with Gasteiger partial charge in [-0.3, -0.25) is 14.2 Å². The fraction of sp³-hybridized carbons (Fsp3) is 0.619. The van der Waals surface area contributed by atoms with E-state index in [1.165, 1.54) is 0 Å². The number of hydrogen-bond donors (Lipinski definition) is 0. The van der Waals surface area contributed by atoms with Gasteiger partial charge in [-0.25, -0.2) is 0 Å². The number of carbonyl (C=O) groups is 2. The molecule has 5 heteroatoms. The summed E-state index contributed by atoms with van der Waals surface area (Å²) in [6.07, 6.45) is 4.89. The standard InChI is InChI=1S/C21H31O4P/c1-6-15(3)20(22)25-26(24,18-10-8-7-9-11-18)21(23)19-16(4)12-14(2)13-17(19)5/h12-13,15,18H,6-11H2,1-5H3. The molecular weight excluding hydrogens is 347 g/mol. The first kappa shape index (κ1) is 20.9. The molecular formula is C21H31O4P. The molecule has 1 aromatic rings. The predicted molar refractivity (Wildman–Crippen MR) is 105 cm³/mol. The third kappa shape index (κ3) is 4.28. The highest BCUT2D eigenvalue weighted by molar-refractivity contribution is 7.78. The summed E-state index contributed by atoms with van der Waals surface area (Å²) >= 11 is 0. The largest absolute Gasteiger partial charge is 0.405 e. The molecule has 0 saturated heterocycles. The lowest BCUT2D eigenvalue weighted by Crippen LogP contribution is -2.25. The van der Waals surface area contributed by atoms with Gasteiger partial charge in [0.2, 0.25) is 0 Å². The summed E-state index contributed by atoms with van der Waals surface area (Å²) in [6.45, 7) is 9.32. The topological polar surface area (TPSA) is 60.4 Å². The van der Waals surface area contributed by atoms with Crippen LogP contribution >= 0.6 is 7.37 Å². The summed E-state index contributed by atoms with van der Waals surface area (Å²) in [6, 6.07) is 3.84. The van der Waals surface area contributed by atoms with Gasteiger partial charge in [-0.05, 0) is 51.2 Å². The van der Waals surface area contributed by atoms with Gasteiger partial charge in [0, 0.05) is 5.56 Å². The van der Waals surface area contributed by atoms with Gasteiger partial charge in [-0.15, -0.1) is 0 Å². The highest BCUT2D eigenvalue weighted by Gasteiger charge is 2.46. The number of aryl methyl sites for hydroxylation is 3. The summed E-state index contributed by atoms with van der Waals surface area (Å²) in [7, 11) is -3.79. The minimum absolute atomic E-state index is 0.350. The van der Waals surface area contributed by atoms with Crippen molar-refractivity contribution < 1.29 is 18.7 Å². The predicted octanol–water partition coefficient (Wildman–Crippen LogP) is 5.95. The molecule has 1 aromatic carbocycles. The molecule has 0 bridgehead atoms. The first-order valence-corrected chi connectivity index (χ1v) is 11.4. The Hall–Kier alpha value is -1.41. The first-order chi connectivity index (χ1) is 12.2. The van der Waals surface area contributed by atoms with Crippen LogP contribution in [0.25, 0.3) is 0 Å². The number of carbonyl (C=O) groups excluding carboxylic acids is 2. The number of hydrogen-bond acceptors (Lipinski definition) is 4. The molecule has 1 fully saturated rings. The molecule has 26 heavy (non-hydrogen) atoms. The van der Waals surface area contributed by atoms with E-state index in [0.29, 0.717) is 24.8 Å². The summed E-state index contributed by atoms with van der Waals surface area (Å²) < 4.78 is 19.4. The Labute approximate surface area is 157 Å². The van der Waals surface area contributed by atoms with Gasteiger partial charge >= 0.3 is 13.3 Å². The van der Waals surface area contributed by atoms with Crippen LogP contribution in [0.5, 0.6) is 0 Å². The molecule has 2 atom stereocenters. The number of rotatable bonds is 6. The van der Waals surface area contributed by atoms with Crippen molar-refractivity contribution in [2.75, 3.05) is 0 Å². The van der Waals surface area contributed by atoms with Gasteiger partial charge in [-0.1, -0.05) is 50.8 Å². The minimum atomic E-state index is -3.79. The van der Waals surface area contributed by atoms with E-state index in [1.54, 1.807) is 6.92 Å². The Balaban J connectivity index is 2.48. The third-order valence-electron chi connectivity index (χ3n) is 5.47. The second kappa shape index (κ2) is 8.52. The van der Waals surface area contributed by atoms with Crippen LogP contribution in [-0.4, -0.2) is 17.2 Å². The van der Waals surface area contributed by atoms with Crippen LogP contribution in [0, 0.1) is 26.7 Å². The molecule has 2 rings (SSSR count). The van der Waals surface area contributed by atoms with Crippen LogP contribution in [-0.2, 0) is 13.9 Å². The van der Waals surface area contributed by atoms with Gasteiger partial charge in [-0.2, -0.15) is 0 Å². The fourth-order valence-electron chi connectivity index (χ4n) is 3.77. The third-order valence-corrected chi connectivity index (χ3v) is 8.19. The molecule has 0 spiro atoms. The summed E-state index contributed by atoms with van der Waals surface area (Å²) in [5, 5.41) is 0. The van der Waals surface area contributed by atoms with E-state index >= 15 is 0 Å². The Morgan fingerprint density at radius 2 is 1.65 bits per heavy atom. The molecule has 1 saturated carbocycles. The van der Waals surface area contributed by atoms with Gasteiger partial charge < -0.3 is 4.52 Å². The van der Waals surface area contributed by atoms with Crippen molar-refractivity contribution in [1.29, 1.82) is 0 Å². The Bertz CT molecular complexity index is 709. The maximum atomic E-state index is 13.9. The SMILES string of the molecule is CCC(C)C(=O)OP(=O)(C(=O)c1c(C)cc(C)cc1C)C1CCCCC1. The highest BCUT2D eigenvalue weighted by atomic mass is 31.2. The van der Waals surface area contributed by atoms with Crippen molar-refractivity contribution in [3.05, 3.63) is 34.4 Å². The van der Waals surface area contributed by atoms with E-state index in [-0.39, 0.29) is 11.6 Å². The maximum absolute atomic E-state index is 13.9. The van der Waals surface area contributed by atoms with Crippen LogP contribution < -0.4 is 0 Å². The highest BCUT2D eigenvalue weighted by Crippen LogP contribution is 2.59. The molecule has 0 heterocycles. The van der Waals surface area contributed by atoms with Crippen LogP contribution in [0.3, 0.4) is 0 Å². The first-order valence-electron chi connectivity index (χ1n) is 9.66. The summed E-state index contributed by atoms with van der Waals surface area (Å²) in [5.74, 6) is -0.878. The molecule has 144 valence electrons. The summed E-state index contributed by atoms with van der Waals surface area (Å²) in [4.78, 5) is 25.9. The summed E-state index contributed by atoms with van der Waals surface area (Å²) in [5.41, 5.74) is 2.28. The Morgan fingerprint density at radius 1 is 1.12 bits per heavy atom. The smallest absolute Gasteiger partial charge is 0.321 e. The van der Waals surface area contributed by atoms with Crippen LogP contribution in [0.2, 0.25) is 0 Å². The minimum Gasteiger partial charge on any atom is -0.405 e. The van der Waals surface area contributed by atoms with Crippen molar-refractivity contribution in [3.63, 3.8) is 0 Å². The van der Waals surface area contributed by atoms with E-state index in [0.717, 1.165) is 36.0 Å². The lowest BCUT2D eigenvalue weighted by molar-refractivity contribution is -0.138. The van der Waals surface area contributed by atoms with Crippen LogP contribution in [0.4, 0.5) is 0 Å². The van der Waals surface area contributed by atoms with E-state index in [2.05, 4.69) is 0 Å². The molecule has 0 aromatic heterocycles. The molecule has 2 unspecified atom stereocenters. The lowest BCUT2D eigenvalue weighted by Gasteiger charge is -2.30. The molecule has 0 amide bonds. The maximum Gasteiger partial charge on any atom is 0.321 e. The van der Waals surface area contributed by atoms with Gasteiger partial charge in [0.1, 0.15) is 0 Å². The van der Waals surface area contributed by atoms with Gasteiger partial charge in [0.25, 0.3) is 5.52 Å². The molecule has 1 aliphatic carbocycles. The van der Waals surface area contributed by atoms with E-state index in [9.17, 15) is 14.2 Å². The molecule has 4 nitrogen and oxygen atoms in total. The lowest BCUT2D eigenvalue weighted by atomic mass is 10.0. The zero-order valence-corrected chi connectivity index (χ0v) is 17.5. The molecule has 0 aliphatic heterocycles. The zero-order valence-electron chi connectivity index (χ0n) is 16.6. The average molecular weight is 378 g/mol. The average Bonchev–Trinajstić information content (AvgIpc) is 2.60. The van der Waals surface area contributed by atoms with Crippen LogP contribution in [0.1, 0.15) is 79.4 Å². The zero-order chi connectivity index (χ0) is 19.5. The molecule has 0 N–H and O–H groups in total. The monoisotopic (exact) mass is 378 g/mol. The van der Waals surface area contributed by atoms with Gasteiger partial charge in [0.05, 0.1) is 11.6 Å². The van der Waals surface area contributed by atoms with E-state index < -0.39 is 18.9 Å². The Morgan fingerprint density at radius 3 is 2.15 bits per heavy atom. The van der Waals surface area contributed by atoms with Crippen molar-refractivity contribution in [3.8, 4) is 0 Å². The van der Waals surface area contributed by atoms with E-state index in [4.69, 9.17) is 4.52 Å². The van der Waals surface area contributed by atoms with Crippen molar-refractivity contribution >= 4 is 18.9 Å².